The molecule has 0 saturated heterocycles. The van der Waals surface area contributed by atoms with Crippen LogP contribution in [-0.4, -0.2) is 22.8 Å². The number of hydrogen-bond acceptors (Lipinski definition) is 5. The average Bonchev–Trinajstić information content (AvgIpc) is 2.50. The summed E-state index contributed by atoms with van der Waals surface area (Å²) in [5.41, 5.74) is 0.317. The predicted octanol–water partition coefficient (Wildman–Crippen LogP) is 0.762. The van der Waals surface area contributed by atoms with Crippen molar-refractivity contribution in [2.45, 2.75) is 6.54 Å². The number of rotatable bonds is 4. The van der Waals surface area contributed by atoms with Gasteiger partial charge in [0.2, 0.25) is 11.8 Å². The van der Waals surface area contributed by atoms with E-state index in [1.807, 2.05) is 6.07 Å². The Kier molecular flexibility index (Phi) is 4.31. The molecule has 1 N–H and O–H groups in total. The highest BCUT2D eigenvalue weighted by atomic mass is 16.5. The van der Waals surface area contributed by atoms with Crippen molar-refractivity contribution in [1.82, 2.24) is 9.78 Å². The number of hydrogen-bond donors (Lipinski definition) is 1. The summed E-state index contributed by atoms with van der Waals surface area (Å²) in [4.78, 5) is 23.6. The SMILES string of the molecule is COc1ccc(=O)n(CC(=O)Nc2ccccc2C#N)n1. The van der Waals surface area contributed by atoms with E-state index in [0.717, 1.165) is 4.68 Å². The number of nitrogens with zero attached hydrogens (tertiary/aromatic N) is 3. The van der Waals surface area contributed by atoms with Crippen LogP contribution in [0.4, 0.5) is 5.69 Å². The molecule has 1 aromatic carbocycles. The quantitative estimate of drug-likeness (QED) is 0.894. The molecule has 21 heavy (non-hydrogen) atoms. The second-order valence-electron chi connectivity index (χ2n) is 4.08. The molecule has 7 nitrogen and oxygen atoms in total. The molecule has 1 aromatic heterocycles. The van der Waals surface area contributed by atoms with E-state index in [-0.39, 0.29) is 12.4 Å². The number of anilines is 1. The van der Waals surface area contributed by atoms with E-state index < -0.39 is 11.5 Å². The molecule has 0 fully saturated rings. The third-order valence-corrected chi connectivity index (χ3v) is 2.67. The van der Waals surface area contributed by atoms with Gasteiger partial charge in [0.15, 0.2) is 0 Å². The van der Waals surface area contributed by atoms with E-state index in [4.69, 9.17) is 10.00 Å². The lowest BCUT2D eigenvalue weighted by Gasteiger charge is -2.08. The topological polar surface area (TPSA) is 97.0 Å². The summed E-state index contributed by atoms with van der Waals surface area (Å²) in [5, 5.41) is 15.4. The number of nitriles is 1. The number of methoxy groups -OCH3 is 1. The highest BCUT2D eigenvalue weighted by Crippen LogP contribution is 2.13. The number of para-hydroxylation sites is 1. The van der Waals surface area contributed by atoms with Crippen LogP contribution in [0.5, 0.6) is 5.88 Å². The largest absolute Gasteiger partial charge is 0.480 e. The number of ether oxygens (including phenoxy) is 1. The Balaban J connectivity index is 2.16. The molecule has 0 aliphatic rings. The standard InChI is InChI=1S/C14H12N4O3/c1-21-13-6-7-14(20)18(17-13)9-12(19)16-11-5-3-2-4-10(11)8-15/h2-7H,9H2,1H3,(H,16,19). The molecule has 0 unspecified atom stereocenters. The van der Waals surface area contributed by atoms with Crippen LogP contribution in [0.2, 0.25) is 0 Å². The van der Waals surface area contributed by atoms with Gasteiger partial charge in [-0.3, -0.25) is 9.59 Å². The van der Waals surface area contributed by atoms with Gasteiger partial charge in [0.05, 0.1) is 18.4 Å². The van der Waals surface area contributed by atoms with E-state index in [2.05, 4.69) is 10.4 Å². The number of aromatic nitrogens is 2. The van der Waals surface area contributed by atoms with Crippen molar-refractivity contribution in [3.8, 4) is 11.9 Å². The lowest BCUT2D eigenvalue weighted by Crippen LogP contribution is -2.29. The van der Waals surface area contributed by atoms with Crippen LogP contribution in [-0.2, 0) is 11.3 Å². The van der Waals surface area contributed by atoms with Crippen molar-refractivity contribution >= 4 is 11.6 Å². The monoisotopic (exact) mass is 284 g/mol. The maximum Gasteiger partial charge on any atom is 0.267 e. The van der Waals surface area contributed by atoms with Crippen molar-refractivity contribution in [2.24, 2.45) is 0 Å². The molecule has 7 heteroatoms. The van der Waals surface area contributed by atoms with Crippen LogP contribution in [0.3, 0.4) is 0 Å². The Hall–Kier alpha value is -3.14. The van der Waals surface area contributed by atoms with Crippen LogP contribution in [0.15, 0.2) is 41.2 Å². The summed E-state index contributed by atoms with van der Waals surface area (Å²) in [7, 11) is 1.42. The van der Waals surface area contributed by atoms with E-state index in [1.54, 1.807) is 24.3 Å². The molecule has 0 bridgehead atoms. The normalized spacial score (nSPS) is 9.71. The van der Waals surface area contributed by atoms with Crippen LogP contribution >= 0.6 is 0 Å². The van der Waals surface area contributed by atoms with Crippen molar-refractivity contribution in [3.05, 3.63) is 52.3 Å². The number of nitrogens with one attached hydrogen (secondary N) is 1. The summed E-state index contributed by atoms with van der Waals surface area (Å²) in [5.74, 6) is -0.222. The molecule has 0 atom stereocenters. The Morgan fingerprint density at radius 1 is 1.38 bits per heavy atom. The van der Waals surface area contributed by atoms with Gasteiger partial charge in [-0.2, -0.15) is 5.26 Å². The molecule has 2 rings (SSSR count). The Morgan fingerprint density at radius 3 is 2.86 bits per heavy atom. The summed E-state index contributed by atoms with van der Waals surface area (Å²) in [6, 6.07) is 11.3. The van der Waals surface area contributed by atoms with Crippen LogP contribution in [0, 0.1) is 11.3 Å². The Morgan fingerprint density at radius 2 is 2.14 bits per heavy atom. The van der Waals surface area contributed by atoms with Crippen molar-refractivity contribution < 1.29 is 9.53 Å². The van der Waals surface area contributed by atoms with Gasteiger partial charge in [-0.15, -0.1) is 5.10 Å². The van der Waals surface area contributed by atoms with E-state index in [0.29, 0.717) is 11.3 Å². The van der Waals surface area contributed by atoms with E-state index >= 15 is 0 Å². The lowest BCUT2D eigenvalue weighted by molar-refractivity contribution is -0.117. The molecule has 0 saturated carbocycles. The molecule has 2 aromatic rings. The maximum absolute atomic E-state index is 11.9. The van der Waals surface area contributed by atoms with Crippen molar-refractivity contribution in [2.75, 3.05) is 12.4 Å². The highest BCUT2D eigenvalue weighted by molar-refractivity contribution is 5.91. The van der Waals surface area contributed by atoms with Gasteiger partial charge in [-0.25, -0.2) is 4.68 Å². The fourth-order valence-corrected chi connectivity index (χ4v) is 1.67. The maximum atomic E-state index is 11.9. The van der Waals surface area contributed by atoms with Gasteiger partial charge in [-0.1, -0.05) is 12.1 Å². The number of benzene rings is 1. The first kappa shape index (κ1) is 14.3. The van der Waals surface area contributed by atoms with Gasteiger partial charge < -0.3 is 10.1 Å². The minimum atomic E-state index is -0.458. The fraction of sp³-hybridized carbons (Fsp3) is 0.143. The first-order valence-electron chi connectivity index (χ1n) is 6.05. The van der Waals surface area contributed by atoms with Crippen molar-refractivity contribution in [3.63, 3.8) is 0 Å². The van der Waals surface area contributed by atoms with Gasteiger partial charge in [0.25, 0.3) is 5.56 Å². The fourth-order valence-electron chi connectivity index (χ4n) is 1.67. The molecule has 0 radical (unpaired) electrons. The van der Waals surface area contributed by atoms with Gasteiger partial charge >= 0.3 is 0 Å². The molecule has 1 amide bonds. The molecule has 1 heterocycles. The zero-order valence-corrected chi connectivity index (χ0v) is 11.2. The zero-order chi connectivity index (χ0) is 15.2. The number of carbonyl (C=O) groups excluding carboxylic acids is 1. The minimum Gasteiger partial charge on any atom is -0.480 e. The minimum absolute atomic E-state index is 0.236. The van der Waals surface area contributed by atoms with E-state index in [9.17, 15) is 9.59 Å². The Labute approximate surface area is 120 Å². The van der Waals surface area contributed by atoms with Crippen LogP contribution in [0.25, 0.3) is 0 Å². The third kappa shape index (κ3) is 3.45. The molecule has 0 spiro atoms. The highest BCUT2D eigenvalue weighted by Gasteiger charge is 2.09. The van der Waals surface area contributed by atoms with Gasteiger partial charge in [0.1, 0.15) is 12.6 Å². The van der Waals surface area contributed by atoms with E-state index in [1.165, 1.54) is 19.2 Å². The van der Waals surface area contributed by atoms with Crippen LogP contribution < -0.4 is 15.6 Å². The van der Waals surface area contributed by atoms with Crippen molar-refractivity contribution in [1.29, 1.82) is 5.26 Å². The first-order valence-corrected chi connectivity index (χ1v) is 6.05. The molecular weight excluding hydrogens is 272 g/mol. The second kappa shape index (κ2) is 6.34. The molecule has 0 aliphatic carbocycles. The number of carbonyl (C=O) groups is 1. The Bertz CT molecular complexity index is 761. The van der Waals surface area contributed by atoms with Gasteiger partial charge in [0, 0.05) is 12.1 Å². The molecule has 106 valence electrons. The summed E-state index contributed by atoms with van der Waals surface area (Å²) in [6.45, 7) is -0.268. The first-order chi connectivity index (χ1) is 10.1. The molecular formula is C14H12N4O3. The third-order valence-electron chi connectivity index (χ3n) is 2.67. The zero-order valence-electron chi connectivity index (χ0n) is 11.2. The number of amides is 1. The lowest BCUT2D eigenvalue weighted by atomic mass is 10.2. The smallest absolute Gasteiger partial charge is 0.267 e. The molecule has 0 aliphatic heterocycles. The summed E-state index contributed by atoms with van der Waals surface area (Å²) in [6.07, 6.45) is 0. The van der Waals surface area contributed by atoms with Gasteiger partial charge in [-0.05, 0) is 12.1 Å². The predicted molar refractivity (Wildman–Crippen MR) is 74.8 cm³/mol. The second-order valence-corrected chi connectivity index (χ2v) is 4.08. The summed E-state index contributed by atoms with van der Waals surface area (Å²) >= 11 is 0. The summed E-state index contributed by atoms with van der Waals surface area (Å²) < 4.78 is 5.89. The average molecular weight is 284 g/mol. The van der Waals surface area contributed by atoms with Crippen LogP contribution in [0.1, 0.15) is 5.56 Å².